The maximum Gasteiger partial charge on any atom is 0.225 e. The van der Waals surface area contributed by atoms with Gasteiger partial charge >= 0.3 is 0 Å². The van der Waals surface area contributed by atoms with Crippen LogP contribution in [0.3, 0.4) is 0 Å². The molecular weight excluding hydrogens is 286 g/mol. The number of aromatic nitrogens is 2. The molecular formula is C16H18F2N4. The van der Waals surface area contributed by atoms with Gasteiger partial charge in [-0.1, -0.05) is 0 Å². The number of hydrogen-bond acceptors (Lipinski definition) is 4. The molecule has 1 aliphatic carbocycles. The Bertz CT molecular complexity index is 684. The van der Waals surface area contributed by atoms with Gasteiger partial charge in [-0.2, -0.15) is 4.98 Å². The van der Waals surface area contributed by atoms with Gasteiger partial charge in [-0.05, 0) is 38.8 Å². The highest BCUT2D eigenvalue weighted by Gasteiger charge is 2.26. The lowest BCUT2D eigenvalue weighted by Crippen LogP contribution is -2.14. The maximum atomic E-state index is 13.8. The van der Waals surface area contributed by atoms with Crippen molar-refractivity contribution < 1.29 is 8.78 Å². The molecule has 0 radical (unpaired) electrons. The molecule has 0 atom stereocenters. The van der Waals surface area contributed by atoms with Gasteiger partial charge in [0.15, 0.2) is 0 Å². The van der Waals surface area contributed by atoms with Gasteiger partial charge in [0.25, 0.3) is 0 Å². The summed E-state index contributed by atoms with van der Waals surface area (Å²) in [5.41, 5.74) is 1.14. The van der Waals surface area contributed by atoms with Crippen molar-refractivity contribution in [3.05, 3.63) is 41.6 Å². The lowest BCUT2D eigenvalue weighted by molar-refractivity contribution is 0.586. The minimum absolute atomic E-state index is 0.192. The van der Waals surface area contributed by atoms with Crippen LogP contribution < -0.4 is 10.6 Å². The zero-order chi connectivity index (χ0) is 15.7. The number of anilines is 3. The number of hydrogen-bond donors (Lipinski definition) is 2. The van der Waals surface area contributed by atoms with Crippen LogP contribution in [0.2, 0.25) is 0 Å². The van der Waals surface area contributed by atoms with Gasteiger partial charge in [-0.25, -0.2) is 13.8 Å². The van der Waals surface area contributed by atoms with Gasteiger partial charge in [-0.3, -0.25) is 0 Å². The topological polar surface area (TPSA) is 49.8 Å². The third-order valence-corrected chi connectivity index (χ3v) is 3.35. The Kier molecular flexibility index (Phi) is 3.92. The Morgan fingerprint density at radius 3 is 2.55 bits per heavy atom. The van der Waals surface area contributed by atoms with E-state index in [1.165, 1.54) is 12.1 Å². The van der Waals surface area contributed by atoms with Gasteiger partial charge < -0.3 is 10.6 Å². The van der Waals surface area contributed by atoms with Crippen LogP contribution in [-0.2, 0) is 0 Å². The Labute approximate surface area is 128 Å². The fourth-order valence-corrected chi connectivity index (χ4v) is 2.17. The highest BCUT2D eigenvalue weighted by atomic mass is 19.1. The highest BCUT2D eigenvalue weighted by Crippen LogP contribution is 2.40. The summed E-state index contributed by atoms with van der Waals surface area (Å²) in [6.07, 6.45) is 2.23. The van der Waals surface area contributed by atoms with Gasteiger partial charge in [0.1, 0.15) is 17.5 Å². The van der Waals surface area contributed by atoms with Crippen molar-refractivity contribution in [3.8, 4) is 0 Å². The summed E-state index contributed by atoms with van der Waals surface area (Å²) in [4.78, 5) is 8.85. The van der Waals surface area contributed by atoms with Crippen LogP contribution in [0, 0.1) is 11.6 Å². The number of halogens is 2. The minimum Gasteiger partial charge on any atom is -0.352 e. The minimum atomic E-state index is -0.648. The van der Waals surface area contributed by atoms with Crippen molar-refractivity contribution in [1.29, 1.82) is 0 Å². The van der Waals surface area contributed by atoms with Crippen molar-refractivity contribution in [2.75, 3.05) is 10.6 Å². The van der Waals surface area contributed by atoms with Crippen molar-refractivity contribution in [3.63, 3.8) is 0 Å². The Morgan fingerprint density at radius 2 is 1.91 bits per heavy atom. The zero-order valence-electron chi connectivity index (χ0n) is 12.5. The van der Waals surface area contributed by atoms with Crippen LogP contribution in [0.1, 0.15) is 38.3 Å². The maximum absolute atomic E-state index is 13.8. The van der Waals surface area contributed by atoms with E-state index in [1.807, 2.05) is 19.9 Å². The summed E-state index contributed by atoms with van der Waals surface area (Å²) < 4.78 is 26.7. The number of rotatable bonds is 5. The largest absolute Gasteiger partial charge is 0.352 e. The summed E-state index contributed by atoms with van der Waals surface area (Å²) >= 11 is 0. The van der Waals surface area contributed by atoms with Crippen molar-refractivity contribution >= 4 is 17.5 Å². The lowest BCUT2D eigenvalue weighted by atomic mass is 10.2. The molecule has 0 bridgehead atoms. The fourth-order valence-electron chi connectivity index (χ4n) is 2.17. The van der Waals surface area contributed by atoms with Gasteiger partial charge in [0, 0.05) is 24.1 Å². The third kappa shape index (κ3) is 3.50. The molecule has 1 fully saturated rings. The molecule has 1 aromatic carbocycles. The Morgan fingerprint density at radius 1 is 1.14 bits per heavy atom. The van der Waals surface area contributed by atoms with E-state index in [4.69, 9.17) is 0 Å². The number of nitrogens with one attached hydrogen (secondary N) is 2. The summed E-state index contributed by atoms with van der Waals surface area (Å²) in [7, 11) is 0. The normalized spacial score (nSPS) is 14.2. The molecule has 0 spiro atoms. The standard InChI is InChI=1S/C16H18F2N4/c1-9(2)19-16-21-14(10-3-4-10)8-15(22-16)20-13-6-5-11(17)7-12(13)18/h5-10H,3-4H2,1-2H3,(H2,19,20,21,22). The smallest absolute Gasteiger partial charge is 0.225 e. The first-order chi connectivity index (χ1) is 10.5. The molecule has 1 aliphatic rings. The molecule has 116 valence electrons. The van der Waals surface area contributed by atoms with E-state index in [0.29, 0.717) is 17.7 Å². The summed E-state index contributed by atoms with van der Waals surface area (Å²) in [5.74, 6) is 0.223. The molecule has 22 heavy (non-hydrogen) atoms. The SMILES string of the molecule is CC(C)Nc1nc(Nc2ccc(F)cc2F)cc(C2CC2)n1. The van der Waals surface area contributed by atoms with E-state index in [1.54, 1.807) is 0 Å². The molecule has 2 aromatic rings. The molecule has 4 nitrogen and oxygen atoms in total. The molecule has 1 saturated carbocycles. The third-order valence-electron chi connectivity index (χ3n) is 3.35. The lowest BCUT2D eigenvalue weighted by Gasteiger charge is -2.13. The molecule has 0 saturated heterocycles. The van der Waals surface area contributed by atoms with E-state index in [-0.39, 0.29) is 11.7 Å². The van der Waals surface area contributed by atoms with Crippen molar-refractivity contribution in [2.45, 2.75) is 38.6 Å². The van der Waals surface area contributed by atoms with Crippen LogP contribution in [0.25, 0.3) is 0 Å². The summed E-state index contributed by atoms with van der Waals surface area (Å²) in [6, 6.07) is 5.44. The fraction of sp³-hybridized carbons (Fsp3) is 0.375. The van der Waals surface area contributed by atoms with E-state index in [9.17, 15) is 8.78 Å². The summed E-state index contributed by atoms with van der Waals surface area (Å²) in [6.45, 7) is 4.00. The summed E-state index contributed by atoms with van der Waals surface area (Å²) in [5, 5.41) is 6.07. The number of nitrogens with zero attached hydrogens (tertiary/aromatic N) is 2. The predicted molar refractivity (Wildman–Crippen MR) is 82.4 cm³/mol. The van der Waals surface area contributed by atoms with Crippen molar-refractivity contribution in [2.24, 2.45) is 0 Å². The second-order valence-electron chi connectivity index (χ2n) is 5.82. The molecule has 6 heteroatoms. The van der Waals surface area contributed by atoms with E-state index in [0.717, 1.165) is 24.6 Å². The monoisotopic (exact) mass is 304 g/mol. The van der Waals surface area contributed by atoms with Crippen LogP contribution in [0.15, 0.2) is 24.3 Å². The van der Waals surface area contributed by atoms with Crippen LogP contribution in [0.4, 0.5) is 26.2 Å². The van der Waals surface area contributed by atoms with E-state index < -0.39 is 11.6 Å². The first-order valence-corrected chi connectivity index (χ1v) is 7.39. The Hall–Kier alpha value is -2.24. The molecule has 0 amide bonds. The van der Waals surface area contributed by atoms with Crippen LogP contribution >= 0.6 is 0 Å². The second kappa shape index (κ2) is 5.87. The zero-order valence-corrected chi connectivity index (χ0v) is 12.5. The molecule has 3 rings (SSSR count). The average molecular weight is 304 g/mol. The van der Waals surface area contributed by atoms with Gasteiger partial charge in [0.2, 0.25) is 5.95 Å². The van der Waals surface area contributed by atoms with Gasteiger partial charge in [-0.15, -0.1) is 0 Å². The predicted octanol–water partition coefficient (Wildman–Crippen LogP) is 4.20. The molecule has 0 aliphatic heterocycles. The van der Waals surface area contributed by atoms with Crippen LogP contribution in [0.5, 0.6) is 0 Å². The molecule has 2 N–H and O–H groups in total. The first-order valence-electron chi connectivity index (χ1n) is 7.39. The van der Waals surface area contributed by atoms with Gasteiger partial charge in [0.05, 0.1) is 11.4 Å². The average Bonchev–Trinajstić information content (AvgIpc) is 3.25. The van der Waals surface area contributed by atoms with E-state index in [2.05, 4.69) is 20.6 Å². The first kappa shape index (κ1) is 14.7. The molecule has 1 heterocycles. The molecule has 0 unspecified atom stereocenters. The second-order valence-corrected chi connectivity index (χ2v) is 5.82. The van der Waals surface area contributed by atoms with Crippen LogP contribution in [-0.4, -0.2) is 16.0 Å². The Balaban J connectivity index is 1.89. The van der Waals surface area contributed by atoms with E-state index >= 15 is 0 Å². The number of benzene rings is 1. The van der Waals surface area contributed by atoms with Crippen molar-refractivity contribution in [1.82, 2.24) is 9.97 Å². The quantitative estimate of drug-likeness (QED) is 0.869. The molecule has 1 aromatic heterocycles. The highest BCUT2D eigenvalue weighted by molar-refractivity contribution is 5.58.